The molecule has 1 aromatic heterocycles. The van der Waals surface area contributed by atoms with E-state index in [0.717, 1.165) is 17.8 Å². The third-order valence-corrected chi connectivity index (χ3v) is 4.43. The fraction of sp³-hybridized carbons (Fsp3) is 0.143. The van der Waals surface area contributed by atoms with E-state index in [0.29, 0.717) is 0 Å². The minimum Gasteiger partial charge on any atom is -0.356 e. The van der Waals surface area contributed by atoms with Crippen LogP contribution in [-0.2, 0) is 6.42 Å². The van der Waals surface area contributed by atoms with Crippen LogP contribution in [0.5, 0.6) is 0 Å². The van der Waals surface area contributed by atoms with Crippen molar-refractivity contribution < 1.29 is 0 Å². The molecule has 4 rings (SSSR count). The highest BCUT2D eigenvalue weighted by atomic mass is 14.9. The van der Waals surface area contributed by atoms with Crippen LogP contribution in [0, 0.1) is 13.8 Å². The van der Waals surface area contributed by atoms with Gasteiger partial charge in [-0.1, -0.05) is 36.9 Å². The number of nitrogens with one attached hydrogen (secondary N) is 2. The Balaban J connectivity index is 1.99. The van der Waals surface area contributed by atoms with Crippen LogP contribution >= 0.6 is 0 Å². The van der Waals surface area contributed by atoms with Gasteiger partial charge in [-0.2, -0.15) is 0 Å². The number of aromatic amines is 1. The van der Waals surface area contributed by atoms with Gasteiger partial charge in [0.05, 0.1) is 0 Å². The zero-order chi connectivity index (χ0) is 16.0. The molecule has 2 heteroatoms. The average molecular weight is 300 g/mol. The minimum absolute atomic E-state index is 0.891. The van der Waals surface area contributed by atoms with Crippen molar-refractivity contribution in [1.82, 2.24) is 4.98 Å². The predicted molar refractivity (Wildman–Crippen MR) is 98.9 cm³/mol. The lowest BCUT2D eigenvalue weighted by atomic mass is 10.1. The molecule has 0 unspecified atom stereocenters. The summed E-state index contributed by atoms with van der Waals surface area (Å²) in [4.78, 5) is 3.56. The molecule has 0 aliphatic carbocycles. The molecule has 23 heavy (non-hydrogen) atoms. The molecule has 1 aliphatic rings. The number of aryl methyl sites for hydroxylation is 2. The lowest BCUT2D eigenvalue weighted by molar-refractivity contribution is 1.26. The van der Waals surface area contributed by atoms with Crippen molar-refractivity contribution in [3.05, 3.63) is 75.9 Å². The summed E-state index contributed by atoms with van der Waals surface area (Å²) in [5.74, 6) is 0. The summed E-state index contributed by atoms with van der Waals surface area (Å²) >= 11 is 0. The number of anilines is 1. The van der Waals surface area contributed by atoms with Gasteiger partial charge in [-0.05, 0) is 55.2 Å². The first-order valence-electron chi connectivity index (χ1n) is 7.96. The summed E-state index contributed by atoms with van der Waals surface area (Å²) in [6.45, 7) is 8.43. The van der Waals surface area contributed by atoms with Gasteiger partial charge in [0.25, 0.3) is 0 Å². The van der Waals surface area contributed by atoms with E-state index in [1.54, 1.807) is 0 Å². The van der Waals surface area contributed by atoms with Crippen molar-refractivity contribution in [2.45, 2.75) is 20.3 Å². The zero-order valence-electron chi connectivity index (χ0n) is 13.5. The van der Waals surface area contributed by atoms with Crippen LogP contribution in [0.1, 0.15) is 16.7 Å². The number of hydrogen-bond acceptors (Lipinski definition) is 1. The average Bonchev–Trinajstić information content (AvgIpc) is 2.84. The van der Waals surface area contributed by atoms with E-state index in [4.69, 9.17) is 0 Å². The largest absolute Gasteiger partial charge is 0.356 e. The van der Waals surface area contributed by atoms with Crippen LogP contribution < -0.4 is 15.9 Å². The van der Waals surface area contributed by atoms with Gasteiger partial charge in [-0.25, -0.2) is 0 Å². The summed E-state index contributed by atoms with van der Waals surface area (Å²) in [5.41, 5.74) is 7.04. The smallest absolute Gasteiger partial charge is 0.0467 e. The number of fused-ring (bicyclic) bond motifs is 4. The fourth-order valence-corrected chi connectivity index (χ4v) is 3.25. The Morgan fingerprint density at radius 1 is 1.00 bits per heavy atom. The lowest BCUT2D eigenvalue weighted by Crippen LogP contribution is -2.23. The molecular weight excluding hydrogens is 280 g/mol. The number of H-pyrrole nitrogens is 1. The first-order chi connectivity index (χ1) is 11.1. The van der Waals surface area contributed by atoms with Gasteiger partial charge in [0.1, 0.15) is 0 Å². The van der Waals surface area contributed by atoms with Gasteiger partial charge in [0.15, 0.2) is 0 Å². The molecule has 1 aliphatic heterocycles. The molecule has 114 valence electrons. The molecule has 0 saturated heterocycles. The Bertz CT molecular complexity index is 1050. The predicted octanol–water partition coefficient (Wildman–Crippen LogP) is 3.53. The van der Waals surface area contributed by atoms with Crippen molar-refractivity contribution >= 4 is 28.7 Å². The molecule has 2 aromatic carbocycles. The molecule has 0 atom stereocenters. The van der Waals surface area contributed by atoms with E-state index in [-0.39, 0.29) is 0 Å². The first-order valence-corrected chi connectivity index (χ1v) is 7.96. The van der Waals surface area contributed by atoms with Crippen molar-refractivity contribution in [1.29, 1.82) is 0 Å². The van der Waals surface area contributed by atoms with E-state index in [2.05, 4.69) is 79.3 Å². The molecule has 0 fully saturated rings. The first kappa shape index (κ1) is 13.9. The Morgan fingerprint density at radius 2 is 1.78 bits per heavy atom. The van der Waals surface area contributed by atoms with Crippen LogP contribution in [0.15, 0.2) is 48.7 Å². The minimum atomic E-state index is 0.891. The van der Waals surface area contributed by atoms with Crippen LogP contribution in [0.4, 0.5) is 5.69 Å². The van der Waals surface area contributed by atoms with Gasteiger partial charge < -0.3 is 10.3 Å². The summed E-state index contributed by atoms with van der Waals surface area (Å²) < 4.78 is 0. The second kappa shape index (κ2) is 5.17. The van der Waals surface area contributed by atoms with Gasteiger partial charge in [0, 0.05) is 32.9 Å². The molecule has 0 radical (unpaired) electrons. The maximum absolute atomic E-state index is 4.19. The van der Waals surface area contributed by atoms with Crippen LogP contribution in [-0.4, -0.2) is 4.98 Å². The van der Waals surface area contributed by atoms with Gasteiger partial charge in [-0.15, -0.1) is 0 Å². The number of rotatable bonds is 0. The van der Waals surface area contributed by atoms with E-state index in [1.807, 2.05) is 0 Å². The maximum Gasteiger partial charge on any atom is 0.0467 e. The molecule has 0 spiro atoms. The van der Waals surface area contributed by atoms with E-state index >= 15 is 0 Å². The quantitative estimate of drug-likeness (QED) is 0.653. The van der Waals surface area contributed by atoms with Crippen LogP contribution in [0.2, 0.25) is 0 Å². The number of allylic oxidation sites excluding steroid dienone is 1. The normalized spacial score (nSPS) is 16.7. The monoisotopic (exact) mass is 300 g/mol. The highest BCUT2D eigenvalue weighted by molar-refractivity contribution is 5.83. The Morgan fingerprint density at radius 3 is 2.65 bits per heavy atom. The highest BCUT2D eigenvalue weighted by Gasteiger charge is 2.07. The topological polar surface area (TPSA) is 27.8 Å². The summed E-state index contributed by atoms with van der Waals surface area (Å²) in [5, 5.41) is 7.09. The summed E-state index contributed by atoms with van der Waals surface area (Å²) in [7, 11) is 0. The Labute approximate surface area is 135 Å². The van der Waals surface area contributed by atoms with E-state index in [9.17, 15) is 0 Å². The molecule has 2 N–H and O–H groups in total. The molecule has 2 nitrogen and oxygen atoms in total. The molecule has 3 aromatic rings. The molecule has 2 heterocycles. The summed E-state index contributed by atoms with van der Waals surface area (Å²) in [6.07, 6.45) is 5.30. The number of benzene rings is 2. The molecular formula is C21H20N2. The lowest BCUT2D eigenvalue weighted by Gasteiger charge is -2.11. The van der Waals surface area contributed by atoms with Crippen LogP contribution in [0.3, 0.4) is 0 Å². The molecule has 0 bridgehead atoms. The zero-order valence-corrected chi connectivity index (χ0v) is 13.5. The summed E-state index contributed by atoms with van der Waals surface area (Å²) in [6, 6.07) is 13.1. The van der Waals surface area contributed by atoms with Gasteiger partial charge in [0.2, 0.25) is 0 Å². The van der Waals surface area contributed by atoms with Gasteiger partial charge in [-0.3, -0.25) is 0 Å². The number of hydrogen-bond donors (Lipinski definition) is 2. The van der Waals surface area contributed by atoms with Crippen LogP contribution in [0.25, 0.3) is 23.1 Å². The standard InChI is InChI=1S/C21H20N2/c1-13-4-6-16-7-9-19-18(12-15(3)22-20(16)10-13)17-8-5-14(2)11-21(17)23-19/h4-6,8-12,22-23H,3,7H2,1-2H3/b18-12-,19-9+. The SMILES string of the molecule is C=C1/C=c2\c([nH]c3cc(C)ccc23)=C/Cc2ccc(C)cc2N1. The molecule has 0 saturated carbocycles. The third-order valence-electron chi connectivity index (χ3n) is 4.43. The van der Waals surface area contributed by atoms with Gasteiger partial charge >= 0.3 is 0 Å². The van der Waals surface area contributed by atoms with E-state index < -0.39 is 0 Å². The fourth-order valence-electron chi connectivity index (χ4n) is 3.25. The highest BCUT2D eigenvalue weighted by Crippen LogP contribution is 2.21. The Kier molecular flexibility index (Phi) is 3.12. The maximum atomic E-state index is 4.19. The van der Waals surface area contributed by atoms with E-state index in [1.165, 1.54) is 38.2 Å². The molecule has 0 amide bonds. The van der Waals surface area contributed by atoms with Crippen molar-refractivity contribution in [3.8, 4) is 0 Å². The third kappa shape index (κ3) is 2.46. The number of aromatic nitrogens is 1. The second-order valence-electron chi connectivity index (χ2n) is 6.36. The van der Waals surface area contributed by atoms with Crippen molar-refractivity contribution in [2.24, 2.45) is 0 Å². The second-order valence-corrected chi connectivity index (χ2v) is 6.36. The van der Waals surface area contributed by atoms with Crippen molar-refractivity contribution in [2.75, 3.05) is 5.32 Å². The van der Waals surface area contributed by atoms with Crippen molar-refractivity contribution in [3.63, 3.8) is 0 Å². The Hall–Kier alpha value is -2.74.